The molecule has 0 unspecified atom stereocenters. The lowest BCUT2D eigenvalue weighted by Crippen LogP contribution is -1.97. The van der Waals surface area contributed by atoms with Gasteiger partial charge in [0, 0.05) is 0 Å². The number of hydrogen-bond acceptors (Lipinski definition) is 2. The van der Waals surface area contributed by atoms with Gasteiger partial charge in [-0.1, -0.05) is 25.1 Å². The Hall–Kier alpha value is -1.31. The minimum Gasteiger partial charge on any atom is -0.411 e. The first-order valence-electron chi connectivity index (χ1n) is 4.84. The van der Waals surface area contributed by atoms with Crippen molar-refractivity contribution in [3.8, 4) is 0 Å². The maximum absolute atomic E-state index is 8.51. The van der Waals surface area contributed by atoms with E-state index in [1.54, 1.807) is 0 Å². The highest BCUT2D eigenvalue weighted by atomic mass is 16.4. The monoisotopic (exact) mass is 191 g/mol. The zero-order valence-electron chi connectivity index (χ0n) is 9.20. The molecule has 0 aliphatic carbocycles. The smallest absolute Gasteiger partial charge is 0.0736 e. The summed E-state index contributed by atoms with van der Waals surface area (Å²) in [6.45, 7) is 8.46. The van der Waals surface area contributed by atoms with Crippen LogP contribution in [0.4, 0.5) is 0 Å². The van der Waals surface area contributed by atoms with E-state index < -0.39 is 0 Å². The Morgan fingerprint density at radius 3 is 2.36 bits per heavy atom. The van der Waals surface area contributed by atoms with Crippen LogP contribution >= 0.6 is 0 Å². The summed E-state index contributed by atoms with van der Waals surface area (Å²) in [5.41, 5.74) is 4.74. The minimum atomic E-state index is 0.501. The molecule has 1 aromatic rings. The molecule has 14 heavy (non-hydrogen) atoms. The summed E-state index contributed by atoms with van der Waals surface area (Å²) in [5, 5.41) is 11.6. The van der Waals surface area contributed by atoms with Crippen molar-refractivity contribution in [3.63, 3.8) is 0 Å². The second-order valence-electron chi connectivity index (χ2n) is 3.96. The Morgan fingerprint density at radius 2 is 1.86 bits per heavy atom. The van der Waals surface area contributed by atoms with E-state index in [9.17, 15) is 0 Å². The summed E-state index contributed by atoms with van der Waals surface area (Å²) in [7, 11) is 0. The summed E-state index contributed by atoms with van der Waals surface area (Å²) in [5.74, 6) is 0.501. The molecule has 0 aliphatic heterocycles. The molecule has 1 rings (SSSR count). The van der Waals surface area contributed by atoms with E-state index in [2.05, 4.69) is 38.1 Å². The molecular formula is C12H17NO. The van der Waals surface area contributed by atoms with E-state index in [1.807, 2.05) is 6.92 Å². The minimum absolute atomic E-state index is 0.501. The molecule has 0 saturated heterocycles. The molecule has 2 nitrogen and oxygen atoms in total. The van der Waals surface area contributed by atoms with E-state index in [4.69, 9.17) is 5.21 Å². The van der Waals surface area contributed by atoms with Crippen LogP contribution in [0.1, 0.15) is 42.0 Å². The predicted octanol–water partition coefficient (Wildman–Crippen LogP) is 3.23. The Balaban J connectivity index is 3.27. The highest BCUT2D eigenvalue weighted by molar-refractivity contribution is 5.81. The molecule has 0 spiro atoms. The van der Waals surface area contributed by atoms with Crippen LogP contribution in [0.15, 0.2) is 17.3 Å². The van der Waals surface area contributed by atoms with Gasteiger partial charge in [0.05, 0.1) is 6.21 Å². The van der Waals surface area contributed by atoms with Crippen molar-refractivity contribution < 1.29 is 5.21 Å². The highest BCUT2D eigenvalue weighted by Gasteiger charge is 2.06. The Morgan fingerprint density at radius 1 is 1.21 bits per heavy atom. The number of aryl methyl sites for hydroxylation is 2. The molecule has 0 bridgehead atoms. The van der Waals surface area contributed by atoms with Crippen LogP contribution in [0, 0.1) is 13.8 Å². The fourth-order valence-corrected chi connectivity index (χ4v) is 1.71. The molecule has 0 saturated carbocycles. The zero-order valence-corrected chi connectivity index (χ0v) is 9.20. The maximum Gasteiger partial charge on any atom is 0.0736 e. The molecule has 0 atom stereocenters. The van der Waals surface area contributed by atoms with E-state index in [-0.39, 0.29) is 0 Å². The van der Waals surface area contributed by atoms with Crippen molar-refractivity contribution in [1.29, 1.82) is 0 Å². The van der Waals surface area contributed by atoms with Gasteiger partial charge in [-0.05, 0) is 48.1 Å². The van der Waals surface area contributed by atoms with Crippen molar-refractivity contribution >= 4 is 6.21 Å². The van der Waals surface area contributed by atoms with Crippen LogP contribution in [0.3, 0.4) is 0 Å². The van der Waals surface area contributed by atoms with Crippen molar-refractivity contribution in [1.82, 2.24) is 0 Å². The second kappa shape index (κ2) is 4.27. The molecule has 1 N–H and O–H groups in total. The number of oxime groups is 1. The van der Waals surface area contributed by atoms with Gasteiger partial charge < -0.3 is 5.21 Å². The van der Waals surface area contributed by atoms with Gasteiger partial charge in [0.1, 0.15) is 0 Å². The molecule has 0 heterocycles. The van der Waals surface area contributed by atoms with Gasteiger partial charge in [0.15, 0.2) is 0 Å². The number of nitrogens with zero attached hydrogens (tertiary/aromatic N) is 1. The summed E-state index contributed by atoms with van der Waals surface area (Å²) in [4.78, 5) is 0. The van der Waals surface area contributed by atoms with Gasteiger partial charge in [-0.15, -0.1) is 0 Å². The largest absolute Gasteiger partial charge is 0.411 e. The summed E-state index contributed by atoms with van der Waals surface area (Å²) in [6, 6.07) is 4.22. The lowest BCUT2D eigenvalue weighted by molar-refractivity contribution is 0.322. The third-order valence-corrected chi connectivity index (χ3v) is 2.47. The average Bonchev–Trinajstić information content (AvgIpc) is 2.09. The third-order valence-electron chi connectivity index (χ3n) is 2.47. The Bertz CT molecular complexity index is 354. The second-order valence-corrected chi connectivity index (χ2v) is 3.96. The molecule has 2 heteroatoms. The van der Waals surface area contributed by atoms with Crippen molar-refractivity contribution in [2.24, 2.45) is 5.16 Å². The predicted molar refractivity (Wildman–Crippen MR) is 59.4 cm³/mol. The van der Waals surface area contributed by atoms with Crippen molar-refractivity contribution in [2.45, 2.75) is 33.6 Å². The van der Waals surface area contributed by atoms with E-state index in [0.29, 0.717) is 5.92 Å². The van der Waals surface area contributed by atoms with Crippen molar-refractivity contribution in [2.75, 3.05) is 0 Å². The van der Waals surface area contributed by atoms with E-state index in [1.165, 1.54) is 17.3 Å². The topological polar surface area (TPSA) is 32.6 Å². The van der Waals surface area contributed by atoms with Crippen LogP contribution < -0.4 is 0 Å². The fraction of sp³-hybridized carbons (Fsp3) is 0.417. The van der Waals surface area contributed by atoms with Gasteiger partial charge in [-0.3, -0.25) is 0 Å². The van der Waals surface area contributed by atoms with Gasteiger partial charge in [-0.2, -0.15) is 0 Å². The summed E-state index contributed by atoms with van der Waals surface area (Å²) >= 11 is 0. The molecule has 1 aromatic carbocycles. The Labute approximate surface area is 85.3 Å². The molecular weight excluding hydrogens is 174 g/mol. The number of benzene rings is 1. The van der Waals surface area contributed by atoms with Gasteiger partial charge in [-0.25, -0.2) is 0 Å². The van der Waals surface area contributed by atoms with Crippen LogP contribution in [0.2, 0.25) is 0 Å². The van der Waals surface area contributed by atoms with Gasteiger partial charge in [0.2, 0.25) is 0 Å². The van der Waals surface area contributed by atoms with Crippen LogP contribution in [-0.4, -0.2) is 11.4 Å². The first kappa shape index (κ1) is 10.8. The normalized spacial score (nSPS) is 11.5. The lowest BCUT2D eigenvalue weighted by atomic mass is 9.93. The molecule has 0 aliphatic rings. The summed E-state index contributed by atoms with van der Waals surface area (Å²) < 4.78 is 0. The van der Waals surface area contributed by atoms with Crippen LogP contribution in [0.5, 0.6) is 0 Å². The standard InChI is InChI=1S/C12H17NO/c1-8(2)12-6-11(7-13-14)9(3)5-10(12)4/h5-8,14H,1-4H3/b13-7+. The van der Waals surface area contributed by atoms with E-state index in [0.717, 1.165) is 11.1 Å². The quantitative estimate of drug-likeness (QED) is 0.434. The first-order chi connectivity index (χ1) is 6.56. The molecule has 0 amide bonds. The molecule has 0 fully saturated rings. The summed E-state index contributed by atoms with van der Waals surface area (Å²) in [6.07, 6.45) is 1.49. The molecule has 0 aromatic heterocycles. The SMILES string of the molecule is Cc1cc(C)c(C(C)C)cc1/C=N/O. The fourth-order valence-electron chi connectivity index (χ4n) is 1.71. The maximum atomic E-state index is 8.51. The van der Waals surface area contributed by atoms with Gasteiger partial charge >= 0.3 is 0 Å². The number of rotatable bonds is 2. The molecule has 76 valence electrons. The average molecular weight is 191 g/mol. The van der Waals surface area contributed by atoms with Crippen molar-refractivity contribution in [3.05, 3.63) is 34.4 Å². The first-order valence-corrected chi connectivity index (χ1v) is 4.84. The molecule has 0 radical (unpaired) electrons. The Kier molecular flexibility index (Phi) is 3.28. The van der Waals surface area contributed by atoms with Crippen LogP contribution in [0.25, 0.3) is 0 Å². The third kappa shape index (κ3) is 2.13. The van der Waals surface area contributed by atoms with Gasteiger partial charge in [0.25, 0.3) is 0 Å². The lowest BCUT2D eigenvalue weighted by Gasteiger charge is -2.12. The number of hydrogen-bond donors (Lipinski definition) is 1. The highest BCUT2D eigenvalue weighted by Crippen LogP contribution is 2.22. The van der Waals surface area contributed by atoms with Crippen LogP contribution in [-0.2, 0) is 0 Å². The van der Waals surface area contributed by atoms with E-state index >= 15 is 0 Å². The zero-order chi connectivity index (χ0) is 10.7.